The standard InChI is InChI=1S/C13H24N2O/c1-10-4-5-11(8-10)15-12(16)9-13(14)6-2-3-7-13/h10-11H,2-9,14H2,1H3,(H,15,16). The van der Waals surface area contributed by atoms with Gasteiger partial charge in [0.05, 0.1) is 0 Å². The molecule has 0 aromatic heterocycles. The molecule has 0 spiro atoms. The summed E-state index contributed by atoms with van der Waals surface area (Å²) in [5.74, 6) is 0.937. The van der Waals surface area contributed by atoms with Crippen LogP contribution in [0, 0.1) is 5.92 Å². The summed E-state index contributed by atoms with van der Waals surface area (Å²) in [6.07, 6.45) is 8.46. The molecule has 0 heterocycles. The maximum absolute atomic E-state index is 11.9. The Morgan fingerprint density at radius 1 is 1.38 bits per heavy atom. The van der Waals surface area contributed by atoms with Crippen molar-refractivity contribution in [3.05, 3.63) is 0 Å². The summed E-state index contributed by atoms with van der Waals surface area (Å²) in [5.41, 5.74) is 6.00. The van der Waals surface area contributed by atoms with Crippen molar-refractivity contribution in [1.29, 1.82) is 0 Å². The Hall–Kier alpha value is -0.570. The third kappa shape index (κ3) is 2.97. The van der Waals surface area contributed by atoms with Gasteiger partial charge in [-0.25, -0.2) is 0 Å². The van der Waals surface area contributed by atoms with Crippen LogP contribution in [0.1, 0.15) is 58.3 Å². The lowest BCUT2D eigenvalue weighted by Gasteiger charge is -2.23. The molecule has 0 radical (unpaired) electrons. The van der Waals surface area contributed by atoms with Crippen molar-refractivity contribution < 1.29 is 4.79 Å². The van der Waals surface area contributed by atoms with E-state index in [-0.39, 0.29) is 11.4 Å². The molecule has 2 rings (SSSR count). The molecule has 2 fully saturated rings. The molecule has 0 aromatic rings. The van der Waals surface area contributed by atoms with E-state index in [9.17, 15) is 4.79 Å². The second-order valence-corrected chi connectivity index (χ2v) is 5.93. The molecular weight excluding hydrogens is 200 g/mol. The van der Waals surface area contributed by atoms with Crippen molar-refractivity contribution in [1.82, 2.24) is 5.32 Å². The average molecular weight is 224 g/mol. The van der Waals surface area contributed by atoms with Crippen LogP contribution < -0.4 is 11.1 Å². The summed E-state index contributed by atoms with van der Waals surface area (Å²) in [4.78, 5) is 11.9. The van der Waals surface area contributed by atoms with Crippen LogP contribution in [-0.2, 0) is 4.79 Å². The molecule has 3 heteroatoms. The molecule has 92 valence electrons. The van der Waals surface area contributed by atoms with E-state index >= 15 is 0 Å². The van der Waals surface area contributed by atoms with Crippen LogP contribution in [-0.4, -0.2) is 17.5 Å². The number of carbonyl (C=O) groups excluding carboxylic acids is 1. The summed E-state index contributed by atoms with van der Waals surface area (Å²) < 4.78 is 0. The van der Waals surface area contributed by atoms with Crippen LogP contribution in [0.15, 0.2) is 0 Å². The zero-order chi connectivity index (χ0) is 11.6. The Labute approximate surface area is 98.2 Å². The highest BCUT2D eigenvalue weighted by atomic mass is 16.1. The third-order valence-electron chi connectivity index (χ3n) is 4.17. The summed E-state index contributed by atoms with van der Waals surface area (Å²) >= 11 is 0. The Bertz CT molecular complexity index is 259. The summed E-state index contributed by atoms with van der Waals surface area (Å²) in [6.45, 7) is 2.26. The number of hydrogen-bond donors (Lipinski definition) is 2. The third-order valence-corrected chi connectivity index (χ3v) is 4.17. The topological polar surface area (TPSA) is 55.1 Å². The van der Waals surface area contributed by atoms with Crippen molar-refractivity contribution in [2.75, 3.05) is 0 Å². The van der Waals surface area contributed by atoms with Gasteiger partial charge in [0.15, 0.2) is 0 Å². The lowest BCUT2D eigenvalue weighted by molar-refractivity contribution is -0.122. The quantitative estimate of drug-likeness (QED) is 0.770. The van der Waals surface area contributed by atoms with E-state index in [0.29, 0.717) is 12.5 Å². The van der Waals surface area contributed by atoms with Gasteiger partial charge in [-0.3, -0.25) is 4.79 Å². The lowest BCUT2D eigenvalue weighted by Crippen LogP contribution is -2.44. The van der Waals surface area contributed by atoms with Crippen LogP contribution in [0.5, 0.6) is 0 Å². The van der Waals surface area contributed by atoms with Crippen LogP contribution in [0.25, 0.3) is 0 Å². The van der Waals surface area contributed by atoms with Gasteiger partial charge in [-0.1, -0.05) is 19.8 Å². The molecule has 3 nitrogen and oxygen atoms in total. The first-order chi connectivity index (χ1) is 7.57. The molecule has 2 saturated carbocycles. The largest absolute Gasteiger partial charge is 0.353 e. The normalized spacial score (nSPS) is 32.9. The van der Waals surface area contributed by atoms with Crippen molar-refractivity contribution in [3.8, 4) is 0 Å². The molecule has 0 saturated heterocycles. The van der Waals surface area contributed by atoms with Gasteiger partial charge in [0, 0.05) is 18.0 Å². The van der Waals surface area contributed by atoms with Gasteiger partial charge >= 0.3 is 0 Å². The van der Waals surface area contributed by atoms with Crippen molar-refractivity contribution in [3.63, 3.8) is 0 Å². The number of nitrogens with one attached hydrogen (secondary N) is 1. The van der Waals surface area contributed by atoms with E-state index in [2.05, 4.69) is 12.2 Å². The molecule has 0 bridgehead atoms. The van der Waals surface area contributed by atoms with Gasteiger partial charge < -0.3 is 11.1 Å². The number of amides is 1. The Kier molecular flexibility index (Phi) is 3.53. The second-order valence-electron chi connectivity index (χ2n) is 5.93. The fourth-order valence-corrected chi connectivity index (χ4v) is 3.19. The highest BCUT2D eigenvalue weighted by Crippen LogP contribution is 2.30. The first-order valence-electron chi connectivity index (χ1n) is 6.66. The second kappa shape index (κ2) is 4.74. The van der Waals surface area contributed by atoms with Crippen molar-refractivity contribution >= 4 is 5.91 Å². The van der Waals surface area contributed by atoms with Gasteiger partial charge in [-0.15, -0.1) is 0 Å². The minimum Gasteiger partial charge on any atom is -0.353 e. The van der Waals surface area contributed by atoms with E-state index in [0.717, 1.165) is 31.6 Å². The molecule has 16 heavy (non-hydrogen) atoms. The van der Waals surface area contributed by atoms with E-state index in [1.54, 1.807) is 0 Å². The smallest absolute Gasteiger partial charge is 0.222 e. The molecule has 2 aliphatic rings. The first-order valence-corrected chi connectivity index (χ1v) is 6.66. The molecule has 1 amide bonds. The van der Waals surface area contributed by atoms with Crippen molar-refractivity contribution in [2.45, 2.75) is 69.9 Å². The molecule has 2 aliphatic carbocycles. The highest BCUT2D eigenvalue weighted by Gasteiger charge is 2.32. The Morgan fingerprint density at radius 2 is 2.06 bits per heavy atom. The number of hydrogen-bond acceptors (Lipinski definition) is 2. The molecule has 2 atom stereocenters. The Balaban J connectivity index is 1.75. The monoisotopic (exact) mass is 224 g/mol. The van der Waals surface area contributed by atoms with E-state index in [4.69, 9.17) is 5.73 Å². The van der Waals surface area contributed by atoms with Crippen molar-refractivity contribution in [2.24, 2.45) is 11.7 Å². The summed E-state index contributed by atoms with van der Waals surface area (Å²) in [6, 6.07) is 0.410. The predicted octanol–water partition coefficient (Wildman–Crippen LogP) is 1.95. The van der Waals surface area contributed by atoms with Crippen LogP contribution >= 0.6 is 0 Å². The van der Waals surface area contributed by atoms with Crippen LogP contribution in [0.2, 0.25) is 0 Å². The van der Waals surface area contributed by atoms with Crippen LogP contribution in [0.4, 0.5) is 0 Å². The molecule has 0 aromatic carbocycles. The maximum atomic E-state index is 11.9. The average Bonchev–Trinajstić information content (AvgIpc) is 2.75. The minimum atomic E-state index is -0.200. The first kappa shape index (κ1) is 11.9. The summed E-state index contributed by atoms with van der Waals surface area (Å²) in [7, 11) is 0. The fraction of sp³-hybridized carbons (Fsp3) is 0.923. The van der Waals surface area contributed by atoms with E-state index < -0.39 is 0 Å². The number of rotatable bonds is 3. The zero-order valence-electron chi connectivity index (χ0n) is 10.3. The van der Waals surface area contributed by atoms with Gasteiger partial charge in [0.2, 0.25) is 5.91 Å². The fourth-order valence-electron chi connectivity index (χ4n) is 3.19. The molecular formula is C13H24N2O. The van der Waals surface area contributed by atoms with Gasteiger partial charge in [0.1, 0.15) is 0 Å². The van der Waals surface area contributed by atoms with E-state index in [1.165, 1.54) is 19.3 Å². The minimum absolute atomic E-state index is 0.170. The molecule has 3 N–H and O–H groups in total. The Morgan fingerprint density at radius 3 is 2.62 bits per heavy atom. The lowest BCUT2D eigenvalue weighted by atomic mass is 9.94. The van der Waals surface area contributed by atoms with Gasteiger partial charge in [0.25, 0.3) is 0 Å². The number of carbonyl (C=O) groups is 1. The SMILES string of the molecule is CC1CCC(NC(=O)CC2(N)CCCC2)C1. The van der Waals surface area contributed by atoms with Gasteiger partial charge in [-0.2, -0.15) is 0 Å². The summed E-state index contributed by atoms with van der Waals surface area (Å²) in [5, 5.41) is 3.14. The number of nitrogens with two attached hydrogens (primary N) is 1. The predicted molar refractivity (Wildman–Crippen MR) is 64.9 cm³/mol. The van der Waals surface area contributed by atoms with Gasteiger partial charge in [-0.05, 0) is 38.0 Å². The zero-order valence-corrected chi connectivity index (χ0v) is 10.3. The maximum Gasteiger partial charge on any atom is 0.222 e. The molecule has 2 unspecified atom stereocenters. The van der Waals surface area contributed by atoms with Crippen LogP contribution in [0.3, 0.4) is 0 Å². The van der Waals surface area contributed by atoms with E-state index in [1.807, 2.05) is 0 Å². The molecule has 0 aliphatic heterocycles. The highest BCUT2D eigenvalue weighted by molar-refractivity contribution is 5.77.